The normalized spacial score (nSPS) is 10.0. The molecule has 0 aliphatic carbocycles. The summed E-state index contributed by atoms with van der Waals surface area (Å²) in [6.07, 6.45) is 0. The molecule has 5 nitrogen and oxygen atoms in total. The zero-order valence-electron chi connectivity index (χ0n) is 9.43. The molecule has 1 heterocycles. The van der Waals surface area contributed by atoms with E-state index in [1.807, 2.05) is 6.07 Å². The van der Waals surface area contributed by atoms with Gasteiger partial charge in [-0.1, -0.05) is 12.1 Å². The van der Waals surface area contributed by atoms with Crippen molar-refractivity contribution in [2.75, 3.05) is 12.4 Å². The Hall–Kier alpha value is -1.95. The largest absolute Gasteiger partial charge is 0.496 e. The van der Waals surface area contributed by atoms with Crippen molar-refractivity contribution in [3.05, 3.63) is 35.7 Å². The molecule has 0 aliphatic heterocycles. The quantitative estimate of drug-likeness (QED) is 0.904. The average molecular weight is 249 g/mol. The summed E-state index contributed by atoms with van der Waals surface area (Å²) in [6, 6.07) is 7.02. The monoisotopic (exact) mass is 249 g/mol. The van der Waals surface area contributed by atoms with Crippen LogP contribution in [0.3, 0.4) is 0 Å². The van der Waals surface area contributed by atoms with Crippen LogP contribution < -0.4 is 10.1 Å². The fourth-order valence-electron chi connectivity index (χ4n) is 1.34. The molecular weight excluding hydrogens is 238 g/mol. The number of aryl methyl sites for hydroxylation is 1. The minimum Gasteiger partial charge on any atom is -0.496 e. The van der Waals surface area contributed by atoms with Crippen molar-refractivity contribution in [2.45, 2.75) is 6.92 Å². The van der Waals surface area contributed by atoms with Crippen LogP contribution in [0.15, 0.2) is 24.3 Å². The number of nitrogens with one attached hydrogen (secondary N) is 1. The van der Waals surface area contributed by atoms with Crippen molar-refractivity contribution in [2.24, 2.45) is 0 Å². The zero-order valence-corrected chi connectivity index (χ0v) is 10.2. The molecule has 1 N–H and O–H groups in total. The molecule has 0 radical (unpaired) electrons. The molecule has 0 saturated carbocycles. The molecule has 1 amide bonds. The molecule has 6 heteroatoms. The van der Waals surface area contributed by atoms with Gasteiger partial charge in [0, 0.05) is 11.5 Å². The van der Waals surface area contributed by atoms with E-state index >= 15 is 0 Å². The van der Waals surface area contributed by atoms with E-state index < -0.39 is 0 Å². The number of anilines is 1. The smallest absolute Gasteiger partial charge is 0.261 e. The summed E-state index contributed by atoms with van der Waals surface area (Å²) < 4.78 is 9.11. The number of aromatic nitrogens is 2. The van der Waals surface area contributed by atoms with Crippen molar-refractivity contribution < 1.29 is 9.53 Å². The van der Waals surface area contributed by atoms with Gasteiger partial charge in [-0.05, 0) is 19.1 Å². The Bertz CT molecular complexity index is 539. The molecule has 2 rings (SSSR count). The lowest BCUT2D eigenvalue weighted by Gasteiger charge is -2.06. The number of amides is 1. The number of nitrogens with zero attached hydrogens (tertiary/aromatic N) is 2. The van der Waals surface area contributed by atoms with Crippen molar-refractivity contribution in [1.29, 1.82) is 0 Å². The Morgan fingerprint density at radius 1 is 1.41 bits per heavy atom. The van der Waals surface area contributed by atoms with E-state index in [-0.39, 0.29) is 5.91 Å². The van der Waals surface area contributed by atoms with Gasteiger partial charge < -0.3 is 4.74 Å². The van der Waals surface area contributed by atoms with Gasteiger partial charge in [-0.2, -0.15) is 4.37 Å². The summed E-state index contributed by atoms with van der Waals surface area (Å²) in [7, 11) is 1.53. The van der Waals surface area contributed by atoms with E-state index in [4.69, 9.17) is 4.74 Å². The van der Waals surface area contributed by atoms with Gasteiger partial charge in [0.05, 0.1) is 12.7 Å². The van der Waals surface area contributed by atoms with Crippen LogP contribution in [0.25, 0.3) is 0 Å². The molecule has 0 fully saturated rings. The fourth-order valence-corrected chi connectivity index (χ4v) is 1.92. The first kappa shape index (κ1) is 11.5. The first-order chi connectivity index (χ1) is 8.20. The standard InChI is InChI=1S/C11H11N3O2S/c1-7-12-11(17-14-7)13-10(15)8-5-3-4-6-9(8)16-2/h3-6H,1-2H3,(H,12,13,14,15). The molecular formula is C11H11N3O2S. The summed E-state index contributed by atoms with van der Waals surface area (Å²) in [5.41, 5.74) is 0.475. The first-order valence-corrected chi connectivity index (χ1v) is 5.72. The van der Waals surface area contributed by atoms with E-state index in [1.165, 1.54) is 7.11 Å². The summed E-state index contributed by atoms with van der Waals surface area (Å²) in [4.78, 5) is 16.0. The molecule has 0 unspecified atom stereocenters. The molecule has 0 aliphatic rings. The van der Waals surface area contributed by atoms with Crippen LogP contribution in [0, 0.1) is 6.92 Å². The number of rotatable bonds is 3. The maximum atomic E-state index is 12.0. The van der Waals surface area contributed by atoms with Gasteiger partial charge in [-0.25, -0.2) is 4.98 Å². The number of ether oxygens (including phenoxy) is 1. The van der Waals surface area contributed by atoms with Gasteiger partial charge in [-0.15, -0.1) is 0 Å². The highest BCUT2D eigenvalue weighted by molar-refractivity contribution is 7.09. The van der Waals surface area contributed by atoms with E-state index in [0.717, 1.165) is 11.5 Å². The lowest BCUT2D eigenvalue weighted by Crippen LogP contribution is -2.12. The molecule has 17 heavy (non-hydrogen) atoms. The zero-order chi connectivity index (χ0) is 12.3. The Morgan fingerprint density at radius 3 is 2.82 bits per heavy atom. The van der Waals surface area contributed by atoms with Crippen LogP contribution in [0.5, 0.6) is 5.75 Å². The van der Waals surface area contributed by atoms with Gasteiger partial charge in [-0.3, -0.25) is 10.1 Å². The molecule has 0 spiro atoms. The van der Waals surface area contributed by atoms with Crippen LogP contribution in [0.2, 0.25) is 0 Å². The topological polar surface area (TPSA) is 64.1 Å². The van der Waals surface area contributed by atoms with Crippen molar-refractivity contribution in [3.8, 4) is 5.75 Å². The number of benzene rings is 1. The summed E-state index contributed by atoms with van der Waals surface area (Å²) in [5, 5.41) is 3.16. The summed E-state index contributed by atoms with van der Waals surface area (Å²) in [6.45, 7) is 1.77. The highest BCUT2D eigenvalue weighted by atomic mass is 32.1. The van der Waals surface area contributed by atoms with Gasteiger partial charge >= 0.3 is 0 Å². The van der Waals surface area contributed by atoms with Crippen LogP contribution >= 0.6 is 11.5 Å². The Labute approximate surface area is 103 Å². The van der Waals surface area contributed by atoms with E-state index in [9.17, 15) is 4.79 Å². The van der Waals surface area contributed by atoms with Gasteiger partial charge in [0.1, 0.15) is 11.6 Å². The Balaban J connectivity index is 2.20. The third-order valence-corrected chi connectivity index (χ3v) is 2.82. The van der Waals surface area contributed by atoms with Gasteiger partial charge in [0.2, 0.25) is 5.13 Å². The van der Waals surface area contributed by atoms with Crippen molar-refractivity contribution in [1.82, 2.24) is 9.36 Å². The number of para-hydroxylation sites is 1. The summed E-state index contributed by atoms with van der Waals surface area (Å²) in [5.74, 6) is 0.926. The van der Waals surface area contributed by atoms with Crippen LogP contribution in [0.1, 0.15) is 16.2 Å². The van der Waals surface area contributed by atoms with E-state index in [0.29, 0.717) is 22.3 Å². The predicted octanol–water partition coefficient (Wildman–Crippen LogP) is 2.11. The van der Waals surface area contributed by atoms with E-state index in [2.05, 4.69) is 14.7 Å². The molecule has 1 aromatic heterocycles. The second-order valence-corrected chi connectivity index (χ2v) is 4.05. The lowest BCUT2D eigenvalue weighted by atomic mass is 10.2. The Kier molecular flexibility index (Phi) is 3.34. The maximum Gasteiger partial charge on any atom is 0.261 e. The SMILES string of the molecule is COc1ccccc1C(=O)Nc1nc(C)ns1. The molecule has 1 aromatic carbocycles. The number of carbonyl (C=O) groups is 1. The minimum absolute atomic E-state index is 0.251. The van der Waals surface area contributed by atoms with E-state index in [1.54, 1.807) is 25.1 Å². The molecule has 0 atom stereocenters. The second-order valence-electron chi connectivity index (χ2n) is 3.30. The minimum atomic E-state index is -0.251. The number of hydrogen-bond acceptors (Lipinski definition) is 5. The van der Waals surface area contributed by atoms with Crippen molar-refractivity contribution >= 4 is 22.6 Å². The van der Waals surface area contributed by atoms with Gasteiger partial charge in [0.25, 0.3) is 5.91 Å². The first-order valence-electron chi connectivity index (χ1n) is 4.95. The third kappa shape index (κ3) is 2.59. The lowest BCUT2D eigenvalue weighted by molar-refractivity contribution is 0.102. The highest BCUT2D eigenvalue weighted by Gasteiger charge is 2.13. The maximum absolute atomic E-state index is 12.0. The van der Waals surface area contributed by atoms with Crippen LogP contribution in [-0.2, 0) is 0 Å². The number of methoxy groups -OCH3 is 1. The highest BCUT2D eigenvalue weighted by Crippen LogP contribution is 2.19. The second kappa shape index (κ2) is 4.92. The molecule has 0 saturated heterocycles. The Morgan fingerprint density at radius 2 is 2.18 bits per heavy atom. The molecule has 88 valence electrons. The third-order valence-electron chi connectivity index (χ3n) is 2.10. The molecule has 2 aromatic rings. The van der Waals surface area contributed by atoms with Crippen molar-refractivity contribution in [3.63, 3.8) is 0 Å². The number of carbonyl (C=O) groups excluding carboxylic acids is 1. The van der Waals surface area contributed by atoms with Crippen LogP contribution in [0.4, 0.5) is 5.13 Å². The summed E-state index contributed by atoms with van der Waals surface area (Å²) >= 11 is 1.15. The van der Waals surface area contributed by atoms with Crippen LogP contribution in [-0.4, -0.2) is 22.4 Å². The number of hydrogen-bond donors (Lipinski definition) is 1. The fraction of sp³-hybridized carbons (Fsp3) is 0.182. The molecule has 0 bridgehead atoms. The predicted molar refractivity (Wildman–Crippen MR) is 65.6 cm³/mol. The average Bonchev–Trinajstić information content (AvgIpc) is 2.74. The van der Waals surface area contributed by atoms with Gasteiger partial charge in [0.15, 0.2) is 0 Å².